The van der Waals surface area contributed by atoms with Gasteiger partial charge in [0.05, 0.1) is 0 Å². The fraction of sp³-hybridized carbons (Fsp3) is 0.714. The third-order valence-electron chi connectivity index (χ3n) is 3.46. The molecule has 0 fully saturated rings. The Morgan fingerprint density at radius 3 is 2.37 bits per heavy atom. The standard InChI is InChI=1S/C14H26N4O/c1-7-14(6,19-8-2)13-16-10(5)11(9(3)4)12(17-13)18-15/h9H,7-8,15H2,1-6H3,(H,16,17,18). The van der Waals surface area contributed by atoms with Crippen molar-refractivity contribution < 1.29 is 4.74 Å². The predicted octanol–water partition coefficient (Wildman–Crippen LogP) is 2.86. The fourth-order valence-electron chi connectivity index (χ4n) is 2.26. The molecule has 1 rings (SSSR count). The summed E-state index contributed by atoms with van der Waals surface area (Å²) in [6.07, 6.45) is 0.811. The normalized spacial score (nSPS) is 14.5. The summed E-state index contributed by atoms with van der Waals surface area (Å²) in [7, 11) is 0. The highest BCUT2D eigenvalue weighted by Gasteiger charge is 2.30. The number of hydrazine groups is 1. The van der Waals surface area contributed by atoms with Gasteiger partial charge in [0.15, 0.2) is 5.82 Å². The van der Waals surface area contributed by atoms with Gasteiger partial charge in [-0.3, -0.25) is 0 Å². The smallest absolute Gasteiger partial charge is 0.162 e. The molecule has 19 heavy (non-hydrogen) atoms. The van der Waals surface area contributed by atoms with Crippen LogP contribution >= 0.6 is 0 Å². The van der Waals surface area contributed by atoms with Crippen molar-refractivity contribution in [3.8, 4) is 0 Å². The van der Waals surface area contributed by atoms with E-state index in [0.717, 1.165) is 17.7 Å². The van der Waals surface area contributed by atoms with Crippen LogP contribution in [-0.4, -0.2) is 16.6 Å². The first kappa shape index (κ1) is 15.9. The molecular weight excluding hydrogens is 240 g/mol. The molecule has 0 aliphatic heterocycles. The lowest BCUT2D eigenvalue weighted by Gasteiger charge is -2.28. The van der Waals surface area contributed by atoms with E-state index < -0.39 is 5.60 Å². The molecule has 0 aromatic carbocycles. The van der Waals surface area contributed by atoms with Gasteiger partial charge in [0.1, 0.15) is 11.4 Å². The van der Waals surface area contributed by atoms with Crippen LogP contribution in [0.2, 0.25) is 0 Å². The van der Waals surface area contributed by atoms with Crippen LogP contribution in [0.15, 0.2) is 0 Å². The molecule has 1 atom stereocenters. The van der Waals surface area contributed by atoms with Crippen molar-refractivity contribution in [3.63, 3.8) is 0 Å². The highest BCUT2D eigenvalue weighted by molar-refractivity contribution is 5.47. The summed E-state index contributed by atoms with van der Waals surface area (Å²) >= 11 is 0. The number of aromatic nitrogens is 2. The topological polar surface area (TPSA) is 73.1 Å². The lowest BCUT2D eigenvalue weighted by molar-refractivity contribution is -0.0390. The van der Waals surface area contributed by atoms with E-state index in [1.54, 1.807) is 0 Å². The first-order chi connectivity index (χ1) is 8.89. The van der Waals surface area contributed by atoms with Gasteiger partial charge in [-0.25, -0.2) is 15.8 Å². The number of hydrogen-bond donors (Lipinski definition) is 2. The second-order valence-electron chi connectivity index (χ2n) is 5.21. The summed E-state index contributed by atoms with van der Waals surface area (Å²) in [4.78, 5) is 9.20. The Bertz CT molecular complexity index is 434. The van der Waals surface area contributed by atoms with Gasteiger partial charge >= 0.3 is 0 Å². The molecule has 1 heterocycles. The Hall–Kier alpha value is -1.20. The van der Waals surface area contributed by atoms with Crippen LogP contribution in [-0.2, 0) is 10.3 Å². The van der Waals surface area contributed by atoms with Gasteiger partial charge in [-0.2, -0.15) is 0 Å². The lowest BCUT2D eigenvalue weighted by atomic mass is 9.99. The van der Waals surface area contributed by atoms with Crippen molar-refractivity contribution in [2.45, 2.75) is 59.5 Å². The zero-order valence-electron chi connectivity index (χ0n) is 12.9. The average Bonchev–Trinajstić information content (AvgIpc) is 2.37. The Morgan fingerprint density at radius 1 is 1.32 bits per heavy atom. The maximum absolute atomic E-state index is 5.83. The number of nitrogens with zero attached hydrogens (tertiary/aromatic N) is 2. The molecule has 1 unspecified atom stereocenters. The predicted molar refractivity (Wildman–Crippen MR) is 77.9 cm³/mol. The van der Waals surface area contributed by atoms with Crippen LogP contribution in [0.1, 0.15) is 64.0 Å². The maximum Gasteiger partial charge on any atom is 0.162 e. The fourth-order valence-corrected chi connectivity index (χ4v) is 2.26. The number of nitrogens with two attached hydrogens (primary N) is 1. The van der Waals surface area contributed by atoms with Crippen molar-refractivity contribution in [2.75, 3.05) is 12.0 Å². The minimum atomic E-state index is -0.472. The van der Waals surface area contributed by atoms with E-state index in [1.165, 1.54) is 0 Å². The van der Waals surface area contributed by atoms with Crippen molar-refractivity contribution in [1.29, 1.82) is 0 Å². The summed E-state index contributed by atoms with van der Waals surface area (Å²) in [6.45, 7) is 12.9. The van der Waals surface area contributed by atoms with E-state index in [-0.39, 0.29) is 0 Å². The Kier molecular flexibility index (Phi) is 5.26. The van der Waals surface area contributed by atoms with Crippen molar-refractivity contribution in [3.05, 3.63) is 17.1 Å². The largest absolute Gasteiger partial charge is 0.368 e. The highest BCUT2D eigenvalue weighted by atomic mass is 16.5. The molecule has 3 N–H and O–H groups in total. The number of nitrogen functional groups attached to an aromatic ring is 1. The summed E-state index contributed by atoms with van der Waals surface area (Å²) in [5.41, 5.74) is 4.23. The third-order valence-corrected chi connectivity index (χ3v) is 3.46. The maximum atomic E-state index is 5.83. The first-order valence-electron chi connectivity index (χ1n) is 6.89. The molecule has 5 heteroatoms. The van der Waals surface area contributed by atoms with E-state index >= 15 is 0 Å². The van der Waals surface area contributed by atoms with E-state index in [2.05, 4.69) is 36.2 Å². The SMILES string of the molecule is CCOC(C)(CC)c1nc(C)c(C(C)C)c(NN)n1. The van der Waals surface area contributed by atoms with Gasteiger partial charge in [-0.1, -0.05) is 20.8 Å². The third kappa shape index (κ3) is 3.22. The molecule has 1 aromatic rings. The Morgan fingerprint density at radius 2 is 1.95 bits per heavy atom. The number of ether oxygens (including phenoxy) is 1. The van der Waals surface area contributed by atoms with Crippen LogP contribution in [0, 0.1) is 6.92 Å². The average molecular weight is 266 g/mol. The van der Waals surface area contributed by atoms with Crippen LogP contribution < -0.4 is 11.3 Å². The second kappa shape index (κ2) is 6.30. The van der Waals surface area contributed by atoms with Gasteiger partial charge < -0.3 is 10.2 Å². The van der Waals surface area contributed by atoms with E-state index in [1.807, 2.05) is 20.8 Å². The van der Waals surface area contributed by atoms with Crippen LogP contribution in [0.4, 0.5) is 5.82 Å². The van der Waals surface area contributed by atoms with Gasteiger partial charge in [-0.05, 0) is 33.1 Å². The first-order valence-corrected chi connectivity index (χ1v) is 6.89. The van der Waals surface area contributed by atoms with Crippen molar-refractivity contribution >= 4 is 5.82 Å². The van der Waals surface area contributed by atoms with Crippen LogP contribution in [0.25, 0.3) is 0 Å². The summed E-state index contributed by atoms with van der Waals surface area (Å²) < 4.78 is 5.83. The summed E-state index contributed by atoms with van der Waals surface area (Å²) in [5, 5.41) is 0. The zero-order valence-corrected chi connectivity index (χ0v) is 12.9. The summed E-state index contributed by atoms with van der Waals surface area (Å²) in [6, 6.07) is 0. The molecule has 0 aliphatic rings. The van der Waals surface area contributed by atoms with Crippen molar-refractivity contribution in [1.82, 2.24) is 9.97 Å². The number of nitrogens with one attached hydrogen (secondary N) is 1. The molecule has 0 saturated heterocycles. The number of hydrogen-bond acceptors (Lipinski definition) is 5. The van der Waals surface area contributed by atoms with Gasteiger partial charge in [-0.15, -0.1) is 0 Å². The lowest BCUT2D eigenvalue weighted by Crippen LogP contribution is -2.29. The molecule has 0 bridgehead atoms. The Labute approximate surface area is 115 Å². The number of rotatable bonds is 6. The molecule has 108 valence electrons. The van der Waals surface area contributed by atoms with Crippen LogP contribution in [0.3, 0.4) is 0 Å². The minimum Gasteiger partial charge on any atom is -0.368 e. The molecular formula is C14H26N4O. The zero-order chi connectivity index (χ0) is 14.6. The second-order valence-corrected chi connectivity index (χ2v) is 5.21. The molecule has 0 radical (unpaired) electrons. The quantitative estimate of drug-likeness (QED) is 0.612. The molecule has 0 aliphatic carbocycles. The van der Waals surface area contributed by atoms with Gasteiger partial charge in [0.25, 0.3) is 0 Å². The van der Waals surface area contributed by atoms with Crippen LogP contribution in [0.5, 0.6) is 0 Å². The van der Waals surface area contributed by atoms with Crippen molar-refractivity contribution in [2.24, 2.45) is 5.84 Å². The van der Waals surface area contributed by atoms with Gasteiger partial charge in [0, 0.05) is 17.9 Å². The minimum absolute atomic E-state index is 0.320. The highest BCUT2D eigenvalue weighted by Crippen LogP contribution is 2.31. The number of anilines is 1. The summed E-state index contributed by atoms with van der Waals surface area (Å²) in [5.74, 6) is 7.30. The monoisotopic (exact) mass is 266 g/mol. The molecule has 1 aromatic heterocycles. The molecule has 0 spiro atoms. The molecule has 0 saturated carbocycles. The van der Waals surface area contributed by atoms with E-state index in [0.29, 0.717) is 24.2 Å². The van der Waals surface area contributed by atoms with E-state index in [9.17, 15) is 0 Å². The number of aryl methyl sites for hydroxylation is 1. The molecule has 5 nitrogen and oxygen atoms in total. The Balaban J connectivity index is 3.35. The molecule has 0 amide bonds. The van der Waals surface area contributed by atoms with E-state index in [4.69, 9.17) is 10.6 Å². The van der Waals surface area contributed by atoms with Gasteiger partial charge in [0.2, 0.25) is 0 Å².